The Morgan fingerprint density at radius 2 is 1.73 bits per heavy atom. The molecular weight excluding hydrogens is 614 g/mol. The molecule has 6 nitrogen and oxygen atoms in total. The zero-order valence-electron chi connectivity index (χ0n) is 23.5. The van der Waals surface area contributed by atoms with E-state index < -0.39 is 46.5 Å². The molecule has 0 spiro atoms. The summed E-state index contributed by atoms with van der Waals surface area (Å²) in [7, 11) is 1.51. The number of aliphatic carboxylic acids is 1. The van der Waals surface area contributed by atoms with Gasteiger partial charge in [0, 0.05) is 22.7 Å². The van der Waals surface area contributed by atoms with Crippen molar-refractivity contribution in [2.45, 2.75) is 50.6 Å². The van der Waals surface area contributed by atoms with Gasteiger partial charge in [-0.3, -0.25) is 14.7 Å². The predicted molar refractivity (Wildman–Crippen MR) is 151 cm³/mol. The van der Waals surface area contributed by atoms with Crippen molar-refractivity contribution in [2.75, 3.05) is 26.7 Å². The van der Waals surface area contributed by atoms with E-state index in [0.29, 0.717) is 66.7 Å². The van der Waals surface area contributed by atoms with Crippen LogP contribution in [0.15, 0.2) is 42.6 Å². The van der Waals surface area contributed by atoms with Gasteiger partial charge in [0.15, 0.2) is 0 Å². The first-order valence-electron chi connectivity index (χ1n) is 13.6. The zero-order valence-corrected chi connectivity index (χ0v) is 24.3. The van der Waals surface area contributed by atoms with Crippen LogP contribution >= 0.6 is 11.6 Å². The van der Waals surface area contributed by atoms with Crippen molar-refractivity contribution in [2.24, 2.45) is 5.41 Å². The van der Waals surface area contributed by atoms with Crippen molar-refractivity contribution in [3.05, 3.63) is 69.9 Å². The van der Waals surface area contributed by atoms with Crippen LogP contribution in [-0.4, -0.2) is 52.8 Å². The number of methoxy groups -OCH3 is 1. The molecule has 1 fully saturated rings. The molecule has 0 saturated carbocycles. The number of piperidine rings is 1. The van der Waals surface area contributed by atoms with E-state index >= 15 is 0 Å². The van der Waals surface area contributed by atoms with E-state index in [1.165, 1.54) is 13.3 Å². The lowest BCUT2D eigenvalue weighted by molar-refractivity contribution is -0.143. The van der Waals surface area contributed by atoms with Gasteiger partial charge in [-0.15, -0.1) is 0 Å². The molecule has 0 radical (unpaired) electrons. The van der Waals surface area contributed by atoms with Crippen molar-refractivity contribution in [3.8, 4) is 17.6 Å². The fraction of sp³-hybridized carbons (Fsp3) is 0.419. The second kappa shape index (κ2) is 13.2. The van der Waals surface area contributed by atoms with E-state index in [1.807, 2.05) is 4.90 Å². The van der Waals surface area contributed by atoms with Crippen LogP contribution in [0.2, 0.25) is 5.02 Å². The Morgan fingerprint density at radius 1 is 1.09 bits per heavy atom. The monoisotopic (exact) mass is 642 g/mol. The van der Waals surface area contributed by atoms with E-state index in [2.05, 4.69) is 16.8 Å². The van der Waals surface area contributed by atoms with Crippen LogP contribution in [0.4, 0.5) is 26.3 Å². The van der Waals surface area contributed by atoms with Crippen LogP contribution in [0, 0.1) is 17.3 Å². The number of carboxylic acids is 1. The van der Waals surface area contributed by atoms with Crippen molar-refractivity contribution in [1.82, 2.24) is 9.88 Å². The number of aliphatic hydroxyl groups excluding tert-OH is 1. The second-order valence-electron chi connectivity index (χ2n) is 10.9. The van der Waals surface area contributed by atoms with Crippen LogP contribution in [0.25, 0.3) is 10.9 Å². The number of aliphatic hydroxyl groups is 1. The molecule has 2 heterocycles. The van der Waals surface area contributed by atoms with E-state index in [1.54, 1.807) is 18.2 Å². The van der Waals surface area contributed by atoms with Gasteiger partial charge in [0.1, 0.15) is 5.75 Å². The number of pyridine rings is 1. The van der Waals surface area contributed by atoms with E-state index in [9.17, 15) is 41.4 Å². The summed E-state index contributed by atoms with van der Waals surface area (Å²) in [5.41, 5.74) is -2.84. The Bertz CT molecular complexity index is 1540. The van der Waals surface area contributed by atoms with Gasteiger partial charge in [-0.1, -0.05) is 23.4 Å². The standard InChI is InChI=1S/C31H29ClF6N2O4/c1-44-22-4-5-25-23(16-22)28(24(32)18-39-25)26(41)6-7-29(17-27(42)43)8-11-40(12-9-29)10-2-3-19-13-20(30(33,34)35)15-21(14-19)31(36,37)38/h4-5,13-16,18,26,41H,6-12,17H2,1H3,(H,42,43). The summed E-state index contributed by atoms with van der Waals surface area (Å²) in [6.45, 7) is 0.888. The summed E-state index contributed by atoms with van der Waals surface area (Å²) in [5.74, 6) is 4.63. The largest absolute Gasteiger partial charge is 0.497 e. The fourth-order valence-electron chi connectivity index (χ4n) is 5.52. The van der Waals surface area contributed by atoms with Crippen molar-refractivity contribution in [1.29, 1.82) is 0 Å². The lowest BCUT2D eigenvalue weighted by atomic mass is 9.71. The highest BCUT2D eigenvalue weighted by molar-refractivity contribution is 6.32. The Labute approximate surface area is 254 Å². The molecule has 0 bridgehead atoms. The van der Waals surface area contributed by atoms with E-state index in [0.717, 1.165) is 0 Å². The van der Waals surface area contributed by atoms with Crippen LogP contribution in [0.5, 0.6) is 5.75 Å². The maximum absolute atomic E-state index is 13.1. The lowest BCUT2D eigenvalue weighted by Crippen LogP contribution is -2.41. The Balaban J connectivity index is 1.45. The van der Waals surface area contributed by atoms with Gasteiger partial charge in [0.05, 0.1) is 47.8 Å². The van der Waals surface area contributed by atoms with Crippen molar-refractivity contribution < 1.29 is 46.1 Å². The first kappa shape index (κ1) is 33.4. The molecule has 2 aromatic carbocycles. The number of benzene rings is 2. The Hall–Kier alpha value is -3.53. The molecule has 4 rings (SSSR count). The third-order valence-electron chi connectivity index (χ3n) is 7.92. The first-order chi connectivity index (χ1) is 20.6. The molecule has 44 heavy (non-hydrogen) atoms. The van der Waals surface area contributed by atoms with Crippen LogP contribution < -0.4 is 4.74 Å². The maximum Gasteiger partial charge on any atom is 0.416 e. The van der Waals surface area contributed by atoms with Gasteiger partial charge in [0.25, 0.3) is 0 Å². The van der Waals surface area contributed by atoms with Gasteiger partial charge in [-0.2, -0.15) is 26.3 Å². The average molecular weight is 643 g/mol. The number of likely N-dealkylation sites (tertiary alicyclic amines) is 1. The van der Waals surface area contributed by atoms with Crippen LogP contribution in [0.1, 0.15) is 60.5 Å². The zero-order chi connectivity index (χ0) is 32.3. The molecule has 0 amide bonds. The number of halogens is 7. The highest BCUT2D eigenvalue weighted by Crippen LogP contribution is 2.43. The minimum atomic E-state index is -4.96. The molecule has 236 valence electrons. The third-order valence-corrected chi connectivity index (χ3v) is 8.22. The van der Waals surface area contributed by atoms with Gasteiger partial charge in [-0.25, -0.2) is 0 Å². The minimum absolute atomic E-state index is 0.0523. The van der Waals surface area contributed by atoms with Gasteiger partial charge >= 0.3 is 18.3 Å². The topological polar surface area (TPSA) is 82.9 Å². The Kier molecular flexibility index (Phi) is 10.0. The summed E-state index contributed by atoms with van der Waals surface area (Å²) >= 11 is 6.42. The molecule has 1 atom stereocenters. The molecule has 0 aliphatic carbocycles. The van der Waals surface area contributed by atoms with Crippen LogP contribution in [-0.2, 0) is 17.1 Å². The normalized spacial score (nSPS) is 16.3. The number of aromatic nitrogens is 1. The number of rotatable bonds is 8. The number of nitrogens with zero attached hydrogens (tertiary/aromatic N) is 2. The van der Waals surface area contributed by atoms with Crippen molar-refractivity contribution >= 4 is 28.5 Å². The van der Waals surface area contributed by atoms with E-state index in [4.69, 9.17) is 16.3 Å². The first-order valence-corrected chi connectivity index (χ1v) is 14.0. The summed E-state index contributed by atoms with van der Waals surface area (Å²) < 4.78 is 84.2. The Morgan fingerprint density at radius 3 is 2.30 bits per heavy atom. The molecule has 1 aliphatic rings. The molecule has 13 heteroatoms. The van der Waals surface area contributed by atoms with Gasteiger partial charge in [0.2, 0.25) is 0 Å². The van der Waals surface area contributed by atoms with Gasteiger partial charge < -0.3 is 14.9 Å². The molecular formula is C31H29ClF6N2O4. The molecule has 3 aromatic rings. The summed E-state index contributed by atoms with van der Waals surface area (Å²) in [5, 5.41) is 21.7. The molecule has 2 N–H and O–H groups in total. The highest BCUT2D eigenvalue weighted by Gasteiger charge is 2.38. The van der Waals surface area contributed by atoms with Crippen LogP contribution in [0.3, 0.4) is 0 Å². The molecule has 1 aliphatic heterocycles. The number of alkyl halides is 6. The summed E-state index contributed by atoms with van der Waals surface area (Å²) in [4.78, 5) is 17.9. The summed E-state index contributed by atoms with van der Waals surface area (Å²) in [6.07, 6.45) is -8.16. The van der Waals surface area contributed by atoms with Gasteiger partial charge in [-0.05, 0) is 80.6 Å². The third kappa shape index (κ3) is 8.14. The lowest BCUT2D eigenvalue weighted by Gasteiger charge is -2.41. The number of hydrogen-bond donors (Lipinski definition) is 2. The number of carboxylic acid groups (broad SMARTS) is 1. The van der Waals surface area contributed by atoms with Crippen molar-refractivity contribution in [3.63, 3.8) is 0 Å². The summed E-state index contributed by atoms with van der Waals surface area (Å²) in [6, 6.07) is 6.41. The molecule has 1 saturated heterocycles. The quantitative estimate of drug-likeness (QED) is 0.197. The SMILES string of the molecule is COc1ccc2ncc(Cl)c(C(O)CCC3(CC(=O)O)CCN(CC#Cc4cc(C(F)(F)F)cc(C(F)(F)F)c4)CC3)c2c1. The minimum Gasteiger partial charge on any atom is -0.497 e. The number of hydrogen-bond acceptors (Lipinski definition) is 5. The molecule has 1 unspecified atom stereocenters. The number of carbonyl (C=O) groups is 1. The smallest absolute Gasteiger partial charge is 0.416 e. The second-order valence-corrected chi connectivity index (χ2v) is 11.3. The average Bonchev–Trinajstić information content (AvgIpc) is 2.95. The fourth-order valence-corrected chi connectivity index (χ4v) is 5.80. The predicted octanol–water partition coefficient (Wildman–Crippen LogP) is 7.36. The molecule has 1 aromatic heterocycles. The number of ether oxygens (including phenoxy) is 1. The number of fused-ring (bicyclic) bond motifs is 1. The highest BCUT2D eigenvalue weighted by atomic mass is 35.5. The maximum atomic E-state index is 13.1. The van der Waals surface area contributed by atoms with E-state index in [-0.39, 0.29) is 30.5 Å².